The third kappa shape index (κ3) is 6.31. The predicted molar refractivity (Wildman–Crippen MR) is 103 cm³/mol. The number of nitrogens with one attached hydrogen (secondary N) is 2. The van der Waals surface area contributed by atoms with Gasteiger partial charge in [0, 0.05) is 6.42 Å². The zero-order valence-corrected chi connectivity index (χ0v) is 15.2. The van der Waals surface area contributed by atoms with Crippen LogP contribution in [0.2, 0.25) is 0 Å². The van der Waals surface area contributed by atoms with Crippen molar-refractivity contribution in [2.24, 2.45) is 0 Å². The minimum atomic E-state index is -0.453. The Bertz CT molecular complexity index is 712. The molecule has 2 rings (SSSR count). The monoisotopic (exact) mass is 340 g/mol. The molecule has 2 N–H and O–H groups in total. The molecule has 0 bridgehead atoms. The van der Waals surface area contributed by atoms with Gasteiger partial charge < -0.3 is 10.6 Å². The fraction of sp³-hybridized carbons (Fsp3) is 0.429. The third-order valence-electron chi connectivity index (χ3n) is 4.41. The quantitative estimate of drug-likeness (QED) is 0.653. The van der Waals surface area contributed by atoms with Crippen molar-refractivity contribution in [1.29, 1.82) is 0 Å². The molecule has 4 heteroatoms. The van der Waals surface area contributed by atoms with Gasteiger partial charge in [0.2, 0.25) is 5.91 Å². The summed E-state index contributed by atoms with van der Waals surface area (Å²) >= 11 is 0. The third-order valence-corrected chi connectivity index (χ3v) is 4.41. The summed E-state index contributed by atoms with van der Waals surface area (Å²) in [6.45, 7) is 2.51. The highest BCUT2D eigenvalue weighted by atomic mass is 16.2. The van der Waals surface area contributed by atoms with Gasteiger partial charge in [-0.3, -0.25) is 9.59 Å². The van der Waals surface area contributed by atoms with E-state index >= 15 is 0 Å². The number of carbonyl (C=O) groups is 2. The van der Waals surface area contributed by atoms with Crippen LogP contribution in [0.3, 0.4) is 0 Å². The zero-order valence-electron chi connectivity index (χ0n) is 15.2. The van der Waals surface area contributed by atoms with E-state index in [4.69, 9.17) is 0 Å². The van der Waals surface area contributed by atoms with E-state index in [1.165, 1.54) is 5.39 Å². The van der Waals surface area contributed by atoms with Gasteiger partial charge in [-0.15, -0.1) is 0 Å². The summed E-state index contributed by atoms with van der Waals surface area (Å²) in [5.74, 6) is -0.0397. The average molecular weight is 340 g/mol. The summed E-state index contributed by atoms with van der Waals surface area (Å²) in [7, 11) is 1.93. The molecule has 2 aromatic carbocycles. The SMILES string of the molecule is CNCCCCCC(=O)NC(Cc1ccc2ccccc2c1)C(C)=O. The molecule has 0 radical (unpaired) electrons. The van der Waals surface area contributed by atoms with Crippen LogP contribution in [-0.2, 0) is 16.0 Å². The Morgan fingerprint density at radius 1 is 1.00 bits per heavy atom. The van der Waals surface area contributed by atoms with Crippen LogP contribution in [0.25, 0.3) is 10.8 Å². The summed E-state index contributed by atoms with van der Waals surface area (Å²) in [4.78, 5) is 24.1. The minimum absolute atomic E-state index is 0.00306. The molecule has 134 valence electrons. The molecule has 0 aliphatic carbocycles. The van der Waals surface area contributed by atoms with Crippen LogP contribution >= 0.6 is 0 Å². The molecule has 0 aliphatic heterocycles. The number of hydrogen-bond donors (Lipinski definition) is 2. The first-order valence-electron chi connectivity index (χ1n) is 9.02. The summed E-state index contributed by atoms with van der Waals surface area (Å²) in [5.41, 5.74) is 1.06. The van der Waals surface area contributed by atoms with Gasteiger partial charge in [-0.25, -0.2) is 0 Å². The molecule has 1 amide bonds. The second kappa shape index (κ2) is 9.94. The Morgan fingerprint density at radius 3 is 2.48 bits per heavy atom. The molecule has 1 unspecified atom stereocenters. The smallest absolute Gasteiger partial charge is 0.220 e. The number of unbranched alkanes of at least 4 members (excludes halogenated alkanes) is 2. The normalized spacial score (nSPS) is 12.1. The Kier molecular flexibility index (Phi) is 7.61. The van der Waals surface area contributed by atoms with Gasteiger partial charge in [0.05, 0.1) is 6.04 Å². The lowest BCUT2D eigenvalue weighted by molar-refractivity contribution is -0.126. The molecule has 0 spiro atoms. The number of hydrogen-bond acceptors (Lipinski definition) is 3. The molecule has 2 aromatic rings. The van der Waals surface area contributed by atoms with Gasteiger partial charge in [-0.1, -0.05) is 48.9 Å². The van der Waals surface area contributed by atoms with Crippen molar-refractivity contribution in [2.75, 3.05) is 13.6 Å². The number of fused-ring (bicyclic) bond motifs is 1. The lowest BCUT2D eigenvalue weighted by Gasteiger charge is -2.16. The number of benzene rings is 2. The van der Waals surface area contributed by atoms with E-state index in [1.54, 1.807) is 6.92 Å². The van der Waals surface area contributed by atoms with Crippen LogP contribution in [0.5, 0.6) is 0 Å². The van der Waals surface area contributed by atoms with Crippen LogP contribution in [0.1, 0.15) is 38.2 Å². The molecule has 1 atom stereocenters. The van der Waals surface area contributed by atoms with Crippen molar-refractivity contribution in [3.8, 4) is 0 Å². The maximum atomic E-state index is 12.1. The first-order valence-corrected chi connectivity index (χ1v) is 9.02. The standard InChI is InChI=1S/C21H28N2O2/c1-16(24)20(23-21(25)10-4-3-7-13-22-2)15-17-11-12-18-8-5-6-9-19(18)14-17/h5-6,8-9,11-12,14,20,22H,3-4,7,10,13,15H2,1-2H3,(H,23,25). The Hall–Kier alpha value is -2.20. The summed E-state index contributed by atoms with van der Waals surface area (Å²) in [6, 6.07) is 13.9. The molecule has 0 fully saturated rings. The maximum absolute atomic E-state index is 12.1. The molecule has 25 heavy (non-hydrogen) atoms. The Labute approximate surface area is 150 Å². The molecular weight excluding hydrogens is 312 g/mol. The van der Waals surface area contributed by atoms with Crippen molar-refractivity contribution in [3.63, 3.8) is 0 Å². The predicted octanol–water partition coefficient (Wildman–Crippen LogP) is 3.24. The number of ketones is 1. The summed E-state index contributed by atoms with van der Waals surface area (Å²) in [5, 5.41) is 8.33. The maximum Gasteiger partial charge on any atom is 0.220 e. The number of rotatable bonds is 10. The van der Waals surface area contributed by atoms with E-state index in [2.05, 4.69) is 34.9 Å². The van der Waals surface area contributed by atoms with E-state index in [-0.39, 0.29) is 11.7 Å². The van der Waals surface area contributed by atoms with Gasteiger partial charge in [0.15, 0.2) is 5.78 Å². The van der Waals surface area contributed by atoms with Gasteiger partial charge in [0.25, 0.3) is 0 Å². The summed E-state index contributed by atoms with van der Waals surface area (Å²) in [6.07, 6.45) is 3.95. The topological polar surface area (TPSA) is 58.2 Å². The largest absolute Gasteiger partial charge is 0.346 e. The van der Waals surface area contributed by atoms with Crippen molar-refractivity contribution in [3.05, 3.63) is 48.0 Å². The fourth-order valence-corrected chi connectivity index (χ4v) is 2.93. The molecule has 0 aliphatic rings. The van der Waals surface area contributed by atoms with Crippen molar-refractivity contribution in [1.82, 2.24) is 10.6 Å². The highest BCUT2D eigenvalue weighted by molar-refractivity contribution is 5.88. The molecule has 0 aromatic heterocycles. The summed E-state index contributed by atoms with van der Waals surface area (Å²) < 4.78 is 0. The number of Topliss-reactive ketones (excluding diaryl/α,β-unsaturated/α-hetero) is 1. The highest BCUT2D eigenvalue weighted by Gasteiger charge is 2.17. The minimum Gasteiger partial charge on any atom is -0.346 e. The van der Waals surface area contributed by atoms with E-state index in [9.17, 15) is 9.59 Å². The number of amides is 1. The Balaban J connectivity index is 1.91. The molecule has 0 saturated heterocycles. The van der Waals surface area contributed by atoms with Crippen LogP contribution in [0, 0.1) is 0 Å². The van der Waals surface area contributed by atoms with E-state index in [1.807, 2.05) is 25.2 Å². The van der Waals surface area contributed by atoms with Crippen molar-refractivity contribution in [2.45, 2.75) is 45.1 Å². The zero-order chi connectivity index (χ0) is 18.1. The molecule has 0 heterocycles. The van der Waals surface area contributed by atoms with Crippen LogP contribution in [0.4, 0.5) is 0 Å². The second-order valence-corrected chi connectivity index (χ2v) is 6.53. The lowest BCUT2D eigenvalue weighted by Crippen LogP contribution is -2.41. The van der Waals surface area contributed by atoms with Gasteiger partial charge in [-0.2, -0.15) is 0 Å². The van der Waals surface area contributed by atoms with Crippen LogP contribution in [0.15, 0.2) is 42.5 Å². The van der Waals surface area contributed by atoms with Crippen molar-refractivity contribution >= 4 is 22.5 Å². The fourth-order valence-electron chi connectivity index (χ4n) is 2.93. The van der Waals surface area contributed by atoms with Gasteiger partial charge in [-0.05, 0) is 56.1 Å². The molecular formula is C21H28N2O2. The van der Waals surface area contributed by atoms with Crippen LogP contribution in [-0.4, -0.2) is 31.3 Å². The van der Waals surface area contributed by atoms with E-state index in [0.29, 0.717) is 12.8 Å². The highest BCUT2D eigenvalue weighted by Crippen LogP contribution is 2.17. The van der Waals surface area contributed by atoms with Crippen molar-refractivity contribution < 1.29 is 9.59 Å². The van der Waals surface area contributed by atoms with Crippen LogP contribution < -0.4 is 10.6 Å². The lowest BCUT2D eigenvalue weighted by atomic mass is 9.99. The number of carbonyl (C=O) groups excluding carboxylic acids is 2. The first-order chi connectivity index (χ1) is 12.1. The average Bonchev–Trinajstić information content (AvgIpc) is 2.61. The molecule has 0 saturated carbocycles. The van der Waals surface area contributed by atoms with E-state index < -0.39 is 6.04 Å². The second-order valence-electron chi connectivity index (χ2n) is 6.53. The molecule has 4 nitrogen and oxygen atoms in total. The Morgan fingerprint density at radius 2 is 1.76 bits per heavy atom. The van der Waals surface area contributed by atoms with Gasteiger partial charge in [0.1, 0.15) is 0 Å². The first kappa shape index (κ1) is 19.1. The van der Waals surface area contributed by atoms with E-state index in [0.717, 1.165) is 36.8 Å². The van der Waals surface area contributed by atoms with Gasteiger partial charge >= 0.3 is 0 Å².